The summed E-state index contributed by atoms with van der Waals surface area (Å²) in [5.41, 5.74) is 6.35. The Morgan fingerprint density at radius 3 is 2.41 bits per heavy atom. The summed E-state index contributed by atoms with van der Waals surface area (Å²) in [6.07, 6.45) is 0.735. The van der Waals surface area contributed by atoms with Gasteiger partial charge in [0.1, 0.15) is 11.4 Å². The van der Waals surface area contributed by atoms with E-state index in [0.717, 1.165) is 4.68 Å². The van der Waals surface area contributed by atoms with Crippen molar-refractivity contribution in [3.63, 3.8) is 0 Å². The number of nitrogens with zero attached hydrogens (tertiary/aromatic N) is 3. The van der Waals surface area contributed by atoms with Gasteiger partial charge in [0.2, 0.25) is 0 Å². The number of nitrogens with two attached hydrogens (primary N) is 1. The van der Waals surface area contributed by atoms with Crippen LogP contribution in [0.5, 0.6) is 0 Å². The average molecular weight is 304 g/mol. The predicted octanol–water partition coefficient (Wildman–Crippen LogP) is 2.82. The lowest BCUT2D eigenvalue weighted by Crippen LogP contribution is -2.28. The van der Waals surface area contributed by atoms with Crippen LogP contribution in [0, 0.1) is 10.1 Å². The second-order valence-electron chi connectivity index (χ2n) is 5.64. The molecule has 0 spiro atoms. The molecule has 0 aliphatic carbocycles. The second kappa shape index (κ2) is 5.47. The number of nitrogen functional groups attached to an aromatic ring is 1. The molecule has 0 aliphatic rings. The van der Waals surface area contributed by atoms with E-state index in [9.17, 15) is 14.9 Å². The number of carbonyl (C=O) groups excluding carboxylic acids is 1. The summed E-state index contributed by atoms with van der Waals surface area (Å²) in [6.45, 7) is 5.21. The molecule has 8 heteroatoms. The lowest BCUT2D eigenvalue weighted by Gasteiger charge is -2.19. The molecular weight excluding hydrogens is 288 g/mol. The van der Waals surface area contributed by atoms with Crippen LogP contribution in [-0.2, 0) is 4.74 Å². The molecule has 2 rings (SSSR count). The van der Waals surface area contributed by atoms with Crippen LogP contribution in [0.25, 0.3) is 11.1 Å². The van der Waals surface area contributed by atoms with Crippen molar-refractivity contribution >= 4 is 17.6 Å². The van der Waals surface area contributed by atoms with E-state index in [1.165, 1.54) is 18.3 Å². The summed E-state index contributed by atoms with van der Waals surface area (Å²) < 4.78 is 6.16. The highest BCUT2D eigenvalue weighted by atomic mass is 16.6. The van der Waals surface area contributed by atoms with Crippen molar-refractivity contribution in [1.29, 1.82) is 0 Å². The average Bonchev–Trinajstić information content (AvgIpc) is 2.79. The molecule has 0 atom stereocenters. The minimum atomic E-state index is -0.682. The van der Waals surface area contributed by atoms with Crippen LogP contribution >= 0.6 is 0 Å². The first kappa shape index (κ1) is 15.5. The van der Waals surface area contributed by atoms with Crippen LogP contribution in [0.4, 0.5) is 16.3 Å². The molecule has 1 heterocycles. The number of non-ortho nitro benzene ring substituents is 1. The number of ether oxygens (including phenoxy) is 1. The molecule has 2 aromatic rings. The van der Waals surface area contributed by atoms with E-state index in [2.05, 4.69) is 5.10 Å². The Morgan fingerprint density at radius 1 is 1.32 bits per heavy atom. The Morgan fingerprint density at radius 2 is 1.91 bits per heavy atom. The molecule has 0 saturated carbocycles. The first-order chi connectivity index (χ1) is 10.2. The zero-order valence-electron chi connectivity index (χ0n) is 12.4. The number of anilines is 1. The zero-order valence-corrected chi connectivity index (χ0v) is 12.4. The third-order valence-electron chi connectivity index (χ3n) is 2.76. The highest BCUT2D eigenvalue weighted by Gasteiger charge is 2.22. The molecule has 1 aromatic heterocycles. The number of aromatic nitrogens is 2. The van der Waals surface area contributed by atoms with Crippen LogP contribution in [0.1, 0.15) is 20.8 Å². The standard InChI is InChI=1S/C14H16N4O4/c1-14(2,3)22-13(19)17-12(15)11(8-16-17)9-4-6-10(7-5-9)18(20)21/h4-8H,15H2,1-3H3. The van der Waals surface area contributed by atoms with Crippen LogP contribution < -0.4 is 5.73 Å². The third-order valence-corrected chi connectivity index (χ3v) is 2.76. The van der Waals surface area contributed by atoms with Gasteiger partial charge in [0, 0.05) is 17.7 Å². The summed E-state index contributed by atoms with van der Waals surface area (Å²) in [5.74, 6) is 0.114. The van der Waals surface area contributed by atoms with Crippen molar-refractivity contribution in [2.24, 2.45) is 0 Å². The molecule has 8 nitrogen and oxygen atoms in total. The van der Waals surface area contributed by atoms with Gasteiger partial charge < -0.3 is 10.5 Å². The van der Waals surface area contributed by atoms with Gasteiger partial charge in [0.05, 0.1) is 11.1 Å². The van der Waals surface area contributed by atoms with Crippen molar-refractivity contribution in [3.8, 4) is 11.1 Å². The fourth-order valence-electron chi connectivity index (χ4n) is 1.79. The van der Waals surface area contributed by atoms with Gasteiger partial charge in [-0.05, 0) is 38.5 Å². The Labute approximate surface area is 126 Å². The van der Waals surface area contributed by atoms with Gasteiger partial charge in [-0.2, -0.15) is 5.10 Å². The number of rotatable bonds is 2. The molecule has 0 aliphatic heterocycles. The van der Waals surface area contributed by atoms with Gasteiger partial charge in [-0.25, -0.2) is 4.79 Å². The van der Waals surface area contributed by atoms with E-state index in [-0.39, 0.29) is 11.5 Å². The number of hydrogen-bond donors (Lipinski definition) is 1. The van der Waals surface area contributed by atoms with E-state index < -0.39 is 16.6 Å². The van der Waals surface area contributed by atoms with E-state index in [4.69, 9.17) is 10.5 Å². The molecule has 1 aromatic carbocycles. The zero-order chi connectivity index (χ0) is 16.5. The summed E-state index contributed by atoms with van der Waals surface area (Å²) >= 11 is 0. The van der Waals surface area contributed by atoms with Crippen molar-refractivity contribution < 1.29 is 14.5 Å². The van der Waals surface area contributed by atoms with E-state index in [1.54, 1.807) is 32.9 Å². The highest BCUT2D eigenvalue weighted by molar-refractivity contribution is 5.82. The Bertz CT molecular complexity index is 713. The Kier molecular flexibility index (Phi) is 3.85. The summed E-state index contributed by atoms with van der Waals surface area (Å²) in [7, 11) is 0. The summed E-state index contributed by atoms with van der Waals surface area (Å²) in [5, 5.41) is 14.6. The maximum absolute atomic E-state index is 12.0. The monoisotopic (exact) mass is 304 g/mol. The number of nitro groups is 1. The second-order valence-corrected chi connectivity index (χ2v) is 5.64. The van der Waals surface area contributed by atoms with Crippen molar-refractivity contribution in [1.82, 2.24) is 9.78 Å². The lowest BCUT2D eigenvalue weighted by atomic mass is 10.1. The minimum Gasteiger partial charge on any atom is -0.442 e. The Balaban J connectivity index is 2.31. The number of hydrogen-bond acceptors (Lipinski definition) is 6. The molecule has 0 bridgehead atoms. The van der Waals surface area contributed by atoms with Gasteiger partial charge in [-0.3, -0.25) is 10.1 Å². The minimum absolute atomic E-state index is 0.0261. The maximum Gasteiger partial charge on any atom is 0.437 e. The van der Waals surface area contributed by atoms with Crippen LogP contribution in [0.2, 0.25) is 0 Å². The fourth-order valence-corrected chi connectivity index (χ4v) is 1.79. The van der Waals surface area contributed by atoms with Crippen LogP contribution in [-0.4, -0.2) is 26.4 Å². The molecule has 0 amide bonds. The molecule has 116 valence electrons. The molecule has 0 radical (unpaired) electrons. The van der Waals surface area contributed by atoms with Gasteiger partial charge in [-0.1, -0.05) is 0 Å². The third kappa shape index (κ3) is 3.22. The quantitative estimate of drug-likeness (QED) is 0.674. The first-order valence-corrected chi connectivity index (χ1v) is 6.51. The summed E-state index contributed by atoms with van der Waals surface area (Å²) in [4.78, 5) is 22.1. The number of benzene rings is 1. The van der Waals surface area contributed by atoms with E-state index in [1.807, 2.05) is 0 Å². The van der Waals surface area contributed by atoms with E-state index >= 15 is 0 Å². The Hall–Kier alpha value is -2.90. The predicted molar refractivity (Wildman–Crippen MR) is 80.4 cm³/mol. The van der Waals surface area contributed by atoms with Gasteiger partial charge >= 0.3 is 6.09 Å². The maximum atomic E-state index is 12.0. The van der Waals surface area contributed by atoms with Gasteiger partial charge in [-0.15, -0.1) is 4.68 Å². The van der Waals surface area contributed by atoms with Crippen molar-refractivity contribution in [2.45, 2.75) is 26.4 Å². The molecule has 0 saturated heterocycles. The fraction of sp³-hybridized carbons (Fsp3) is 0.286. The van der Waals surface area contributed by atoms with E-state index in [0.29, 0.717) is 11.1 Å². The number of carbonyl (C=O) groups is 1. The topological polar surface area (TPSA) is 113 Å². The van der Waals surface area contributed by atoms with Crippen LogP contribution in [0.15, 0.2) is 30.5 Å². The SMILES string of the molecule is CC(C)(C)OC(=O)n1ncc(-c2ccc([N+](=O)[O-])cc2)c1N. The van der Waals surface area contributed by atoms with Gasteiger partial charge in [0.25, 0.3) is 5.69 Å². The number of nitro benzene ring substituents is 1. The molecule has 0 fully saturated rings. The first-order valence-electron chi connectivity index (χ1n) is 6.51. The summed E-state index contributed by atoms with van der Waals surface area (Å²) in [6, 6.07) is 5.81. The van der Waals surface area contributed by atoms with Crippen molar-refractivity contribution in [2.75, 3.05) is 5.73 Å². The molecule has 0 unspecified atom stereocenters. The molecular formula is C14H16N4O4. The van der Waals surface area contributed by atoms with Crippen molar-refractivity contribution in [3.05, 3.63) is 40.6 Å². The van der Waals surface area contributed by atoms with Crippen LogP contribution in [0.3, 0.4) is 0 Å². The largest absolute Gasteiger partial charge is 0.442 e. The highest BCUT2D eigenvalue weighted by Crippen LogP contribution is 2.27. The van der Waals surface area contributed by atoms with Gasteiger partial charge in [0.15, 0.2) is 0 Å². The normalized spacial score (nSPS) is 11.2. The lowest BCUT2D eigenvalue weighted by molar-refractivity contribution is -0.384. The molecule has 22 heavy (non-hydrogen) atoms. The molecule has 2 N–H and O–H groups in total. The smallest absolute Gasteiger partial charge is 0.437 e.